The summed E-state index contributed by atoms with van der Waals surface area (Å²) in [6.45, 7) is 0.524. The van der Waals surface area contributed by atoms with Gasteiger partial charge in [0.25, 0.3) is 0 Å². The van der Waals surface area contributed by atoms with Gasteiger partial charge >= 0.3 is 0 Å². The summed E-state index contributed by atoms with van der Waals surface area (Å²) >= 11 is 5.09. The lowest BCUT2D eigenvalue weighted by atomic mass is 10.2. The first kappa shape index (κ1) is 13.3. The van der Waals surface area contributed by atoms with E-state index in [2.05, 4.69) is 34.3 Å². The number of nitrogens with two attached hydrogens (primary N) is 1. The third-order valence-electron chi connectivity index (χ3n) is 2.53. The molecule has 0 bridgehead atoms. The highest BCUT2D eigenvalue weighted by molar-refractivity contribution is 9.10. The molecule has 0 fully saturated rings. The lowest BCUT2D eigenvalue weighted by Crippen LogP contribution is -1.97. The minimum Gasteiger partial charge on any atom is -0.489 e. The van der Waals surface area contributed by atoms with E-state index in [1.165, 1.54) is 4.90 Å². The summed E-state index contributed by atoms with van der Waals surface area (Å²) in [4.78, 5) is 1.23. The van der Waals surface area contributed by atoms with Crippen LogP contribution in [0.5, 0.6) is 5.75 Å². The Morgan fingerprint density at radius 2 is 1.89 bits per heavy atom. The van der Waals surface area contributed by atoms with E-state index in [4.69, 9.17) is 10.5 Å². The monoisotopic (exact) mass is 323 g/mol. The molecule has 0 saturated carbocycles. The average Bonchev–Trinajstić information content (AvgIpc) is 2.41. The van der Waals surface area contributed by atoms with Gasteiger partial charge in [-0.1, -0.05) is 6.07 Å². The molecule has 0 amide bonds. The summed E-state index contributed by atoms with van der Waals surface area (Å²) in [6, 6.07) is 13.9. The van der Waals surface area contributed by atoms with Gasteiger partial charge in [-0.3, -0.25) is 0 Å². The first-order chi connectivity index (χ1) is 8.69. The van der Waals surface area contributed by atoms with Crippen LogP contribution in [0, 0.1) is 0 Å². The van der Waals surface area contributed by atoms with E-state index in [0.717, 1.165) is 21.5 Å². The van der Waals surface area contributed by atoms with Crippen LogP contribution in [0.3, 0.4) is 0 Å². The summed E-state index contributed by atoms with van der Waals surface area (Å²) in [7, 11) is 0. The van der Waals surface area contributed by atoms with E-state index in [-0.39, 0.29) is 0 Å². The molecular formula is C14H14BrNOS. The molecule has 2 rings (SSSR count). The Labute approximate surface area is 120 Å². The van der Waals surface area contributed by atoms with Crippen LogP contribution in [0.1, 0.15) is 5.56 Å². The first-order valence-corrected chi connectivity index (χ1v) is 7.51. The summed E-state index contributed by atoms with van der Waals surface area (Å²) < 4.78 is 6.62. The molecular weight excluding hydrogens is 310 g/mol. The Morgan fingerprint density at radius 3 is 2.50 bits per heavy atom. The highest BCUT2D eigenvalue weighted by Crippen LogP contribution is 2.22. The van der Waals surface area contributed by atoms with E-state index in [1.54, 1.807) is 11.8 Å². The second kappa shape index (κ2) is 6.16. The summed E-state index contributed by atoms with van der Waals surface area (Å²) in [5.74, 6) is 0.870. The molecule has 0 aromatic heterocycles. The minimum absolute atomic E-state index is 0.524. The van der Waals surface area contributed by atoms with E-state index in [9.17, 15) is 0 Å². The Hall–Kier alpha value is -1.13. The largest absolute Gasteiger partial charge is 0.489 e. The summed E-state index contributed by atoms with van der Waals surface area (Å²) in [5, 5.41) is 0. The molecule has 0 heterocycles. The van der Waals surface area contributed by atoms with Crippen LogP contribution in [0.25, 0.3) is 0 Å². The zero-order valence-corrected chi connectivity index (χ0v) is 12.4. The fourth-order valence-electron chi connectivity index (χ4n) is 1.52. The van der Waals surface area contributed by atoms with Gasteiger partial charge in [0.05, 0.1) is 0 Å². The van der Waals surface area contributed by atoms with Crippen molar-refractivity contribution in [3.63, 3.8) is 0 Å². The lowest BCUT2D eigenvalue weighted by Gasteiger charge is -2.08. The standard InChI is InChI=1S/C14H14BrNOS/c1-18-12-5-3-11(4-6-12)17-9-10-2-7-13(15)14(16)8-10/h2-8H,9,16H2,1H3. The van der Waals surface area contributed by atoms with Gasteiger partial charge in [-0.05, 0) is 64.1 Å². The van der Waals surface area contributed by atoms with Crippen molar-refractivity contribution >= 4 is 33.4 Å². The number of thioether (sulfide) groups is 1. The van der Waals surface area contributed by atoms with E-state index < -0.39 is 0 Å². The molecule has 0 atom stereocenters. The van der Waals surface area contributed by atoms with Crippen molar-refractivity contribution in [2.24, 2.45) is 0 Å². The van der Waals surface area contributed by atoms with Crippen molar-refractivity contribution in [2.75, 3.05) is 12.0 Å². The van der Waals surface area contributed by atoms with Crippen LogP contribution in [-0.4, -0.2) is 6.26 Å². The van der Waals surface area contributed by atoms with Gasteiger partial charge in [0, 0.05) is 15.1 Å². The van der Waals surface area contributed by atoms with Crippen molar-refractivity contribution in [3.8, 4) is 5.75 Å². The molecule has 0 aliphatic rings. The Balaban J connectivity index is 1.99. The van der Waals surface area contributed by atoms with Crippen molar-refractivity contribution in [2.45, 2.75) is 11.5 Å². The number of benzene rings is 2. The predicted molar refractivity (Wildman–Crippen MR) is 81.1 cm³/mol. The van der Waals surface area contributed by atoms with Crippen LogP contribution < -0.4 is 10.5 Å². The van der Waals surface area contributed by atoms with Gasteiger partial charge in [0.2, 0.25) is 0 Å². The zero-order chi connectivity index (χ0) is 13.0. The number of hydrogen-bond donors (Lipinski definition) is 1. The molecule has 2 nitrogen and oxygen atoms in total. The van der Waals surface area contributed by atoms with Gasteiger partial charge in [-0.15, -0.1) is 11.8 Å². The molecule has 0 aliphatic carbocycles. The van der Waals surface area contributed by atoms with Crippen molar-refractivity contribution in [1.82, 2.24) is 0 Å². The molecule has 2 aromatic rings. The lowest BCUT2D eigenvalue weighted by molar-refractivity contribution is 0.306. The Morgan fingerprint density at radius 1 is 1.17 bits per heavy atom. The molecule has 0 saturated heterocycles. The SMILES string of the molecule is CSc1ccc(OCc2ccc(Br)c(N)c2)cc1. The average molecular weight is 324 g/mol. The van der Waals surface area contributed by atoms with Crippen LogP contribution in [0.4, 0.5) is 5.69 Å². The Kier molecular flexibility index (Phi) is 4.55. The normalized spacial score (nSPS) is 10.3. The quantitative estimate of drug-likeness (QED) is 0.671. The van der Waals surface area contributed by atoms with Gasteiger partial charge in [0.15, 0.2) is 0 Å². The number of rotatable bonds is 4. The third kappa shape index (κ3) is 3.43. The highest BCUT2D eigenvalue weighted by atomic mass is 79.9. The van der Waals surface area contributed by atoms with Crippen molar-refractivity contribution in [3.05, 3.63) is 52.5 Å². The van der Waals surface area contributed by atoms with E-state index in [1.807, 2.05) is 30.3 Å². The second-order valence-electron chi connectivity index (χ2n) is 3.82. The highest BCUT2D eigenvalue weighted by Gasteiger charge is 2.00. The maximum absolute atomic E-state index is 5.82. The van der Waals surface area contributed by atoms with Crippen molar-refractivity contribution in [1.29, 1.82) is 0 Å². The number of ether oxygens (including phenoxy) is 1. The molecule has 0 aliphatic heterocycles. The molecule has 2 N–H and O–H groups in total. The third-order valence-corrected chi connectivity index (χ3v) is 3.99. The number of anilines is 1. The maximum atomic E-state index is 5.82. The van der Waals surface area contributed by atoms with Crippen LogP contribution in [-0.2, 0) is 6.61 Å². The van der Waals surface area contributed by atoms with Crippen molar-refractivity contribution < 1.29 is 4.74 Å². The fraction of sp³-hybridized carbons (Fsp3) is 0.143. The number of hydrogen-bond acceptors (Lipinski definition) is 3. The molecule has 0 radical (unpaired) electrons. The smallest absolute Gasteiger partial charge is 0.119 e. The molecule has 2 aromatic carbocycles. The molecule has 4 heteroatoms. The molecule has 0 unspecified atom stereocenters. The van der Waals surface area contributed by atoms with Crippen LogP contribution >= 0.6 is 27.7 Å². The predicted octanol–water partition coefficient (Wildman–Crippen LogP) is 4.33. The van der Waals surface area contributed by atoms with Gasteiger partial charge < -0.3 is 10.5 Å². The molecule has 94 valence electrons. The summed E-state index contributed by atoms with van der Waals surface area (Å²) in [5.41, 5.74) is 7.61. The topological polar surface area (TPSA) is 35.2 Å². The number of nitrogen functional groups attached to an aromatic ring is 1. The molecule has 18 heavy (non-hydrogen) atoms. The van der Waals surface area contributed by atoms with E-state index >= 15 is 0 Å². The van der Waals surface area contributed by atoms with Crippen LogP contribution in [0.15, 0.2) is 51.8 Å². The van der Waals surface area contributed by atoms with Gasteiger partial charge in [-0.2, -0.15) is 0 Å². The van der Waals surface area contributed by atoms with E-state index in [0.29, 0.717) is 6.61 Å². The second-order valence-corrected chi connectivity index (χ2v) is 5.55. The van der Waals surface area contributed by atoms with Crippen LogP contribution in [0.2, 0.25) is 0 Å². The zero-order valence-electron chi connectivity index (χ0n) is 10.0. The van der Waals surface area contributed by atoms with Gasteiger partial charge in [-0.25, -0.2) is 0 Å². The minimum atomic E-state index is 0.524. The fourth-order valence-corrected chi connectivity index (χ4v) is 2.18. The first-order valence-electron chi connectivity index (χ1n) is 5.50. The summed E-state index contributed by atoms with van der Waals surface area (Å²) in [6.07, 6.45) is 2.06. The van der Waals surface area contributed by atoms with Gasteiger partial charge in [0.1, 0.15) is 12.4 Å². The Bertz CT molecular complexity index is 528. The number of halogens is 1. The maximum Gasteiger partial charge on any atom is 0.119 e. The molecule has 0 spiro atoms.